The average molecular weight is 322 g/mol. The van der Waals surface area contributed by atoms with Gasteiger partial charge < -0.3 is 14.2 Å². The Bertz CT molecular complexity index is 544. The summed E-state index contributed by atoms with van der Waals surface area (Å²) in [7, 11) is 1.18. The molecule has 0 fully saturated rings. The van der Waals surface area contributed by atoms with E-state index in [-0.39, 0.29) is 6.61 Å². The highest BCUT2D eigenvalue weighted by Crippen LogP contribution is 2.17. The molecule has 0 saturated heterocycles. The normalized spacial score (nSPS) is 12.2. The van der Waals surface area contributed by atoms with Gasteiger partial charge in [-0.1, -0.05) is 30.3 Å². The van der Waals surface area contributed by atoms with Crippen molar-refractivity contribution in [2.45, 2.75) is 39.4 Å². The van der Waals surface area contributed by atoms with Crippen LogP contribution >= 0.6 is 0 Å². The monoisotopic (exact) mass is 322 g/mol. The summed E-state index contributed by atoms with van der Waals surface area (Å²) in [6.45, 7) is 5.04. The first-order valence-electron chi connectivity index (χ1n) is 7.23. The number of hydrogen-bond acceptors (Lipinski definition) is 6. The molecule has 1 atom stereocenters. The number of hydrogen-bond donors (Lipinski definition) is 0. The van der Waals surface area contributed by atoms with Crippen LogP contribution < -0.4 is 0 Å². The smallest absolute Gasteiger partial charge is 0.321 e. The fourth-order valence-electron chi connectivity index (χ4n) is 1.72. The molecule has 0 heterocycles. The van der Waals surface area contributed by atoms with Crippen LogP contribution in [0.3, 0.4) is 0 Å². The van der Waals surface area contributed by atoms with Crippen molar-refractivity contribution in [3.05, 3.63) is 35.9 Å². The molecule has 0 saturated carbocycles. The lowest BCUT2D eigenvalue weighted by atomic mass is 10.1. The standard InChI is InChI=1S/C17H22O6/c1-17(2,3)23-16(20)13(10-14(18)21-4)15(19)22-11-12-8-6-5-7-9-12/h5-9,13H,10-11H2,1-4H3. The summed E-state index contributed by atoms with van der Waals surface area (Å²) in [5.74, 6) is -3.64. The second kappa shape index (κ2) is 8.31. The van der Waals surface area contributed by atoms with Crippen molar-refractivity contribution in [1.29, 1.82) is 0 Å². The Morgan fingerprint density at radius 2 is 1.65 bits per heavy atom. The largest absolute Gasteiger partial charge is 0.469 e. The predicted octanol–water partition coefficient (Wildman–Crippen LogP) is 2.25. The molecule has 0 aliphatic heterocycles. The van der Waals surface area contributed by atoms with Crippen LogP contribution in [0.15, 0.2) is 30.3 Å². The molecule has 0 aliphatic rings. The minimum atomic E-state index is -1.34. The SMILES string of the molecule is COC(=O)CC(C(=O)OCc1ccccc1)C(=O)OC(C)(C)C. The van der Waals surface area contributed by atoms with E-state index in [1.807, 2.05) is 18.2 Å². The molecule has 6 nitrogen and oxygen atoms in total. The van der Waals surface area contributed by atoms with E-state index < -0.39 is 35.8 Å². The quantitative estimate of drug-likeness (QED) is 0.454. The summed E-state index contributed by atoms with van der Waals surface area (Å²) in [4.78, 5) is 35.7. The second-order valence-electron chi connectivity index (χ2n) is 5.96. The fraction of sp³-hybridized carbons (Fsp3) is 0.471. The molecule has 23 heavy (non-hydrogen) atoms. The van der Waals surface area contributed by atoms with Crippen LogP contribution in [-0.4, -0.2) is 30.6 Å². The average Bonchev–Trinajstić information content (AvgIpc) is 2.49. The fourth-order valence-corrected chi connectivity index (χ4v) is 1.72. The molecule has 1 rings (SSSR count). The molecular formula is C17H22O6. The topological polar surface area (TPSA) is 78.9 Å². The van der Waals surface area contributed by atoms with Crippen molar-refractivity contribution in [3.8, 4) is 0 Å². The number of carbonyl (C=O) groups excluding carboxylic acids is 3. The lowest BCUT2D eigenvalue weighted by molar-refractivity contribution is -0.173. The summed E-state index contributed by atoms with van der Waals surface area (Å²) >= 11 is 0. The Hall–Kier alpha value is -2.37. The zero-order valence-corrected chi connectivity index (χ0v) is 13.8. The first-order chi connectivity index (χ1) is 10.7. The van der Waals surface area contributed by atoms with Gasteiger partial charge in [0.1, 0.15) is 12.2 Å². The summed E-state index contributed by atoms with van der Waals surface area (Å²) in [5, 5.41) is 0. The zero-order valence-electron chi connectivity index (χ0n) is 13.8. The van der Waals surface area contributed by atoms with Gasteiger partial charge in [-0.15, -0.1) is 0 Å². The van der Waals surface area contributed by atoms with E-state index in [1.54, 1.807) is 32.9 Å². The summed E-state index contributed by atoms with van der Waals surface area (Å²) in [6.07, 6.45) is -0.418. The number of ether oxygens (including phenoxy) is 3. The van der Waals surface area contributed by atoms with Gasteiger partial charge in [-0.05, 0) is 26.3 Å². The number of rotatable bonds is 6. The van der Waals surface area contributed by atoms with E-state index in [9.17, 15) is 14.4 Å². The van der Waals surface area contributed by atoms with E-state index in [0.29, 0.717) is 0 Å². The van der Waals surface area contributed by atoms with Gasteiger partial charge in [0.05, 0.1) is 13.5 Å². The Morgan fingerprint density at radius 1 is 1.04 bits per heavy atom. The van der Waals surface area contributed by atoms with Gasteiger partial charge in [-0.2, -0.15) is 0 Å². The maximum atomic E-state index is 12.2. The van der Waals surface area contributed by atoms with Crippen molar-refractivity contribution in [2.24, 2.45) is 5.92 Å². The van der Waals surface area contributed by atoms with Crippen molar-refractivity contribution >= 4 is 17.9 Å². The van der Waals surface area contributed by atoms with Crippen molar-refractivity contribution in [3.63, 3.8) is 0 Å². The Balaban J connectivity index is 2.75. The van der Waals surface area contributed by atoms with E-state index >= 15 is 0 Å². The van der Waals surface area contributed by atoms with E-state index in [4.69, 9.17) is 9.47 Å². The van der Waals surface area contributed by atoms with Gasteiger partial charge in [-0.3, -0.25) is 14.4 Å². The van der Waals surface area contributed by atoms with Gasteiger partial charge in [0.15, 0.2) is 5.92 Å². The molecule has 0 N–H and O–H groups in total. The number of carbonyl (C=O) groups is 3. The maximum Gasteiger partial charge on any atom is 0.321 e. The molecule has 1 aromatic carbocycles. The lowest BCUT2D eigenvalue weighted by Gasteiger charge is -2.22. The highest BCUT2D eigenvalue weighted by atomic mass is 16.6. The van der Waals surface area contributed by atoms with Crippen LogP contribution in [-0.2, 0) is 35.2 Å². The van der Waals surface area contributed by atoms with Crippen LogP contribution in [0.1, 0.15) is 32.8 Å². The third-order valence-electron chi connectivity index (χ3n) is 2.80. The highest BCUT2D eigenvalue weighted by Gasteiger charge is 2.35. The minimum absolute atomic E-state index is 0.0140. The first kappa shape index (κ1) is 18.7. The van der Waals surface area contributed by atoms with E-state index in [0.717, 1.165) is 5.56 Å². The number of benzene rings is 1. The molecule has 0 radical (unpaired) electrons. The summed E-state index contributed by atoms with van der Waals surface area (Å²) in [6, 6.07) is 9.03. The molecule has 1 aromatic rings. The molecule has 1 unspecified atom stereocenters. The van der Waals surface area contributed by atoms with Crippen LogP contribution in [0.4, 0.5) is 0 Å². The predicted molar refractivity (Wildman–Crippen MR) is 82.2 cm³/mol. The second-order valence-corrected chi connectivity index (χ2v) is 5.96. The van der Waals surface area contributed by atoms with E-state index in [1.165, 1.54) is 7.11 Å². The molecule has 0 bridgehead atoms. The number of esters is 3. The van der Waals surface area contributed by atoms with Crippen LogP contribution in [0.5, 0.6) is 0 Å². The van der Waals surface area contributed by atoms with Gasteiger partial charge >= 0.3 is 17.9 Å². The molecule has 6 heteroatoms. The first-order valence-corrected chi connectivity index (χ1v) is 7.23. The maximum absolute atomic E-state index is 12.2. The van der Waals surface area contributed by atoms with Gasteiger partial charge in [0.25, 0.3) is 0 Å². The molecule has 0 spiro atoms. The van der Waals surface area contributed by atoms with Crippen molar-refractivity contribution in [1.82, 2.24) is 0 Å². The molecule has 0 aliphatic carbocycles. The van der Waals surface area contributed by atoms with Crippen molar-refractivity contribution < 1.29 is 28.6 Å². The zero-order chi connectivity index (χ0) is 17.5. The van der Waals surface area contributed by atoms with E-state index in [2.05, 4.69) is 4.74 Å². The van der Waals surface area contributed by atoms with Gasteiger partial charge in [0, 0.05) is 0 Å². The Kier molecular flexibility index (Phi) is 6.75. The highest BCUT2D eigenvalue weighted by molar-refractivity contribution is 5.98. The van der Waals surface area contributed by atoms with Gasteiger partial charge in [-0.25, -0.2) is 0 Å². The summed E-state index contributed by atoms with van der Waals surface area (Å²) in [5.41, 5.74) is 0.00684. The Labute approximate surface area is 135 Å². The molecule has 0 aromatic heterocycles. The minimum Gasteiger partial charge on any atom is -0.469 e. The van der Waals surface area contributed by atoms with Gasteiger partial charge in [0.2, 0.25) is 0 Å². The molecule has 126 valence electrons. The molecular weight excluding hydrogens is 300 g/mol. The third-order valence-corrected chi connectivity index (χ3v) is 2.80. The molecule has 0 amide bonds. The third kappa shape index (κ3) is 6.95. The Morgan fingerprint density at radius 3 is 2.17 bits per heavy atom. The van der Waals surface area contributed by atoms with Crippen LogP contribution in [0.25, 0.3) is 0 Å². The lowest BCUT2D eigenvalue weighted by Crippen LogP contribution is -2.35. The summed E-state index contributed by atoms with van der Waals surface area (Å²) < 4.78 is 14.8. The van der Waals surface area contributed by atoms with Crippen LogP contribution in [0, 0.1) is 5.92 Å². The van der Waals surface area contributed by atoms with Crippen LogP contribution in [0.2, 0.25) is 0 Å². The van der Waals surface area contributed by atoms with Crippen molar-refractivity contribution in [2.75, 3.05) is 7.11 Å². The number of methoxy groups -OCH3 is 1.